The molecule has 2 fully saturated rings. The van der Waals surface area contributed by atoms with E-state index in [2.05, 4.69) is 0 Å². The van der Waals surface area contributed by atoms with Gasteiger partial charge >= 0.3 is 5.97 Å². The van der Waals surface area contributed by atoms with E-state index in [1.807, 2.05) is 0 Å². The van der Waals surface area contributed by atoms with E-state index < -0.39 is 10.0 Å². The number of hydrogen-bond acceptors (Lipinski definition) is 6. The van der Waals surface area contributed by atoms with Crippen LogP contribution in [0.25, 0.3) is 0 Å². The molecule has 2 heterocycles. The molecule has 34 heavy (non-hydrogen) atoms. The van der Waals surface area contributed by atoms with Crippen molar-refractivity contribution in [2.24, 2.45) is 5.92 Å². The van der Waals surface area contributed by atoms with Crippen molar-refractivity contribution < 1.29 is 27.5 Å². The molecule has 0 atom stereocenters. The van der Waals surface area contributed by atoms with Crippen molar-refractivity contribution in [3.8, 4) is 0 Å². The van der Waals surface area contributed by atoms with Crippen LogP contribution in [0.3, 0.4) is 0 Å². The summed E-state index contributed by atoms with van der Waals surface area (Å²) in [5.41, 5.74) is 0.870. The number of nitrogens with zero attached hydrogens (tertiary/aromatic N) is 3. The molecule has 0 aliphatic carbocycles. The standard InChI is InChI=1S/C24H35N3O6S/c1-3-33-24(30)20-12-16-26(17-13-20)23(29)18-25(2)22(28)11-8-19-6-9-21(10-7-19)34(31,32)27-14-4-5-15-27/h6-7,9-10,20H,3-5,8,11-18H2,1-2H3. The third-order valence-corrected chi connectivity index (χ3v) is 8.43. The van der Waals surface area contributed by atoms with Crippen LogP contribution in [0.15, 0.2) is 29.2 Å². The first-order valence-corrected chi connectivity index (χ1v) is 13.4. The van der Waals surface area contributed by atoms with Crippen molar-refractivity contribution in [2.45, 2.75) is 50.3 Å². The van der Waals surface area contributed by atoms with E-state index in [0.29, 0.717) is 52.0 Å². The lowest BCUT2D eigenvalue weighted by atomic mass is 9.97. The summed E-state index contributed by atoms with van der Waals surface area (Å²) in [7, 11) is -1.84. The van der Waals surface area contributed by atoms with E-state index in [9.17, 15) is 22.8 Å². The summed E-state index contributed by atoms with van der Waals surface area (Å²) < 4.78 is 31.8. The lowest BCUT2D eigenvalue weighted by molar-refractivity contribution is -0.151. The molecule has 0 aromatic heterocycles. The first-order valence-electron chi connectivity index (χ1n) is 12.0. The van der Waals surface area contributed by atoms with Crippen molar-refractivity contribution >= 4 is 27.8 Å². The third-order valence-electron chi connectivity index (χ3n) is 6.52. The van der Waals surface area contributed by atoms with Crippen LogP contribution in [0, 0.1) is 5.92 Å². The van der Waals surface area contributed by atoms with Crippen LogP contribution < -0.4 is 0 Å². The largest absolute Gasteiger partial charge is 0.466 e. The molecule has 188 valence electrons. The highest BCUT2D eigenvalue weighted by molar-refractivity contribution is 7.89. The number of rotatable bonds is 9. The summed E-state index contributed by atoms with van der Waals surface area (Å²) >= 11 is 0. The minimum Gasteiger partial charge on any atom is -0.466 e. The zero-order valence-corrected chi connectivity index (χ0v) is 20.9. The maximum absolute atomic E-state index is 12.6. The monoisotopic (exact) mass is 493 g/mol. The Morgan fingerprint density at radius 1 is 1.03 bits per heavy atom. The average Bonchev–Trinajstić information content (AvgIpc) is 3.39. The Morgan fingerprint density at radius 2 is 1.65 bits per heavy atom. The van der Waals surface area contributed by atoms with Gasteiger partial charge in [0, 0.05) is 39.6 Å². The van der Waals surface area contributed by atoms with Gasteiger partial charge in [0.05, 0.1) is 24.0 Å². The Labute approximate surface area is 202 Å². The number of hydrogen-bond donors (Lipinski definition) is 0. The minimum atomic E-state index is -3.45. The predicted octanol–water partition coefficient (Wildman–Crippen LogP) is 1.66. The normalized spacial score (nSPS) is 17.5. The van der Waals surface area contributed by atoms with Crippen molar-refractivity contribution in [3.63, 3.8) is 0 Å². The summed E-state index contributed by atoms with van der Waals surface area (Å²) in [6, 6.07) is 6.69. The highest BCUT2D eigenvalue weighted by Gasteiger charge is 2.29. The molecule has 2 aliphatic heterocycles. The Bertz CT molecular complexity index is 965. The van der Waals surface area contributed by atoms with Crippen LogP contribution in [0.5, 0.6) is 0 Å². The van der Waals surface area contributed by atoms with Gasteiger partial charge in [-0.05, 0) is 56.7 Å². The summed E-state index contributed by atoms with van der Waals surface area (Å²) in [5.74, 6) is -0.651. The van der Waals surface area contributed by atoms with Crippen molar-refractivity contribution in [1.29, 1.82) is 0 Å². The van der Waals surface area contributed by atoms with Crippen LogP contribution >= 0.6 is 0 Å². The van der Waals surface area contributed by atoms with Gasteiger partial charge in [-0.25, -0.2) is 8.42 Å². The van der Waals surface area contributed by atoms with Gasteiger partial charge < -0.3 is 14.5 Å². The zero-order valence-electron chi connectivity index (χ0n) is 20.1. The molecular weight excluding hydrogens is 458 g/mol. The highest BCUT2D eigenvalue weighted by atomic mass is 32.2. The van der Waals surface area contributed by atoms with Crippen molar-refractivity contribution in [3.05, 3.63) is 29.8 Å². The van der Waals surface area contributed by atoms with Gasteiger partial charge in [-0.2, -0.15) is 4.31 Å². The van der Waals surface area contributed by atoms with Gasteiger partial charge in [0.2, 0.25) is 21.8 Å². The molecule has 9 nitrogen and oxygen atoms in total. The van der Waals surface area contributed by atoms with E-state index in [0.717, 1.165) is 18.4 Å². The number of ether oxygens (including phenoxy) is 1. The second-order valence-corrected chi connectivity index (χ2v) is 10.8. The first-order chi connectivity index (χ1) is 16.2. The van der Waals surface area contributed by atoms with E-state index >= 15 is 0 Å². The van der Waals surface area contributed by atoms with Gasteiger partial charge in [0.15, 0.2) is 0 Å². The maximum atomic E-state index is 12.6. The topological polar surface area (TPSA) is 104 Å². The van der Waals surface area contributed by atoms with Gasteiger partial charge in [-0.3, -0.25) is 14.4 Å². The van der Waals surface area contributed by atoms with Crippen molar-refractivity contribution in [2.75, 3.05) is 46.4 Å². The quantitative estimate of drug-likeness (QED) is 0.485. The van der Waals surface area contributed by atoms with Crippen LogP contribution in [-0.2, 0) is 35.6 Å². The number of amides is 2. The number of likely N-dealkylation sites (N-methyl/N-ethyl adjacent to an activating group) is 1. The molecule has 0 unspecified atom stereocenters. The molecule has 0 saturated carbocycles. The van der Waals surface area contributed by atoms with Crippen LogP contribution in [0.4, 0.5) is 0 Å². The highest BCUT2D eigenvalue weighted by Crippen LogP contribution is 2.22. The summed E-state index contributed by atoms with van der Waals surface area (Å²) in [6.45, 7) is 4.22. The van der Waals surface area contributed by atoms with E-state index in [-0.39, 0.29) is 41.6 Å². The number of piperidine rings is 1. The Kier molecular flexibility index (Phi) is 9.07. The smallest absolute Gasteiger partial charge is 0.309 e. The number of sulfonamides is 1. The lowest BCUT2D eigenvalue weighted by Crippen LogP contribution is -2.45. The molecule has 1 aromatic rings. The van der Waals surface area contributed by atoms with Gasteiger partial charge in [-0.1, -0.05) is 12.1 Å². The fraction of sp³-hybridized carbons (Fsp3) is 0.625. The van der Waals surface area contributed by atoms with Crippen LogP contribution in [-0.4, -0.2) is 86.7 Å². The van der Waals surface area contributed by atoms with Gasteiger partial charge in [0.25, 0.3) is 0 Å². The lowest BCUT2D eigenvalue weighted by Gasteiger charge is -2.32. The van der Waals surface area contributed by atoms with E-state index in [1.54, 1.807) is 43.1 Å². The number of likely N-dealkylation sites (tertiary alicyclic amines) is 1. The maximum Gasteiger partial charge on any atom is 0.309 e. The third kappa shape index (κ3) is 6.56. The number of benzene rings is 1. The SMILES string of the molecule is CCOC(=O)C1CCN(C(=O)CN(C)C(=O)CCc2ccc(S(=O)(=O)N3CCCC3)cc2)CC1. The number of carbonyl (C=O) groups excluding carboxylic acids is 3. The Balaban J connectivity index is 1.43. The van der Waals surface area contributed by atoms with Gasteiger partial charge in [-0.15, -0.1) is 0 Å². The molecule has 10 heteroatoms. The minimum absolute atomic E-state index is 0.00405. The van der Waals surface area contributed by atoms with Crippen molar-refractivity contribution in [1.82, 2.24) is 14.1 Å². The molecule has 0 spiro atoms. The van der Waals surface area contributed by atoms with E-state index in [1.165, 1.54) is 9.21 Å². The Morgan fingerprint density at radius 3 is 2.24 bits per heavy atom. The van der Waals surface area contributed by atoms with Crippen LogP contribution in [0.2, 0.25) is 0 Å². The van der Waals surface area contributed by atoms with Gasteiger partial charge in [0.1, 0.15) is 0 Å². The van der Waals surface area contributed by atoms with Crippen LogP contribution in [0.1, 0.15) is 44.6 Å². The molecule has 0 N–H and O–H groups in total. The molecule has 1 aromatic carbocycles. The summed E-state index contributed by atoms with van der Waals surface area (Å²) in [6.07, 6.45) is 3.62. The van der Waals surface area contributed by atoms with E-state index in [4.69, 9.17) is 4.74 Å². The molecule has 0 bridgehead atoms. The second-order valence-electron chi connectivity index (χ2n) is 8.91. The number of aryl methyl sites for hydroxylation is 1. The summed E-state index contributed by atoms with van der Waals surface area (Å²) in [4.78, 5) is 40.4. The summed E-state index contributed by atoms with van der Waals surface area (Å²) in [5, 5.41) is 0. The average molecular weight is 494 g/mol. The molecule has 2 saturated heterocycles. The molecule has 2 amide bonds. The zero-order chi connectivity index (χ0) is 24.7. The predicted molar refractivity (Wildman–Crippen MR) is 126 cm³/mol. The first kappa shape index (κ1) is 26.2. The fourth-order valence-electron chi connectivity index (χ4n) is 4.36. The number of esters is 1. The number of carbonyl (C=O) groups is 3. The molecular formula is C24H35N3O6S. The fourth-order valence-corrected chi connectivity index (χ4v) is 5.88. The molecule has 0 radical (unpaired) electrons. The second kappa shape index (κ2) is 11.8. The molecule has 3 rings (SSSR count). The Hall–Kier alpha value is -2.46. The molecule has 2 aliphatic rings.